The van der Waals surface area contributed by atoms with Crippen molar-refractivity contribution in [1.29, 1.82) is 0 Å². The van der Waals surface area contributed by atoms with Gasteiger partial charge in [-0.15, -0.1) is 0 Å². The molecule has 2 aromatic carbocycles. The number of nitrogens with zero attached hydrogens (tertiary/aromatic N) is 2. The van der Waals surface area contributed by atoms with E-state index in [1.165, 1.54) is 24.3 Å². The van der Waals surface area contributed by atoms with Gasteiger partial charge in [0, 0.05) is 31.7 Å². The molecule has 2 amide bonds. The van der Waals surface area contributed by atoms with Crippen molar-refractivity contribution in [3.8, 4) is 0 Å². The Hall–Kier alpha value is -3.15. The molecular weight excluding hydrogens is 344 g/mol. The molecule has 140 valence electrons. The van der Waals surface area contributed by atoms with E-state index < -0.39 is 5.97 Å². The van der Waals surface area contributed by atoms with Gasteiger partial charge in [0.2, 0.25) is 5.91 Å². The lowest BCUT2D eigenvalue weighted by molar-refractivity contribution is -0.131. The van der Waals surface area contributed by atoms with Gasteiger partial charge in [0.1, 0.15) is 0 Å². The van der Waals surface area contributed by atoms with Crippen LogP contribution in [0.2, 0.25) is 0 Å². The molecule has 0 bridgehead atoms. The molecule has 0 aromatic heterocycles. The van der Waals surface area contributed by atoms with E-state index in [0.717, 1.165) is 11.1 Å². The quantitative estimate of drug-likeness (QED) is 0.900. The highest BCUT2D eigenvalue weighted by atomic mass is 16.4. The van der Waals surface area contributed by atoms with Crippen LogP contribution in [0.5, 0.6) is 0 Å². The Bertz CT molecular complexity index is 835. The molecule has 1 saturated heterocycles. The molecule has 6 nitrogen and oxygen atoms in total. The third kappa shape index (κ3) is 4.53. The van der Waals surface area contributed by atoms with E-state index in [-0.39, 0.29) is 17.4 Å². The number of hydrogen-bond donors (Lipinski definition) is 1. The first-order valence-corrected chi connectivity index (χ1v) is 8.90. The second-order valence-electron chi connectivity index (χ2n) is 6.72. The van der Waals surface area contributed by atoms with Crippen molar-refractivity contribution in [1.82, 2.24) is 9.80 Å². The molecule has 27 heavy (non-hydrogen) atoms. The van der Waals surface area contributed by atoms with Crippen molar-refractivity contribution >= 4 is 17.8 Å². The van der Waals surface area contributed by atoms with Crippen molar-refractivity contribution in [2.75, 3.05) is 26.2 Å². The fourth-order valence-electron chi connectivity index (χ4n) is 3.09. The van der Waals surface area contributed by atoms with Gasteiger partial charge < -0.3 is 14.9 Å². The predicted molar refractivity (Wildman–Crippen MR) is 101 cm³/mol. The summed E-state index contributed by atoms with van der Waals surface area (Å²) < 4.78 is 0. The van der Waals surface area contributed by atoms with Crippen LogP contribution >= 0.6 is 0 Å². The first-order chi connectivity index (χ1) is 12.9. The molecule has 3 rings (SSSR count). The van der Waals surface area contributed by atoms with Crippen LogP contribution in [0, 0.1) is 6.92 Å². The van der Waals surface area contributed by atoms with Gasteiger partial charge in [0.25, 0.3) is 5.91 Å². The highest BCUT2D eigenvalue weighted by molar-refractivity contribution is 5.96. The number of rotatable bonds is 4. The molecular formula is C21H22N2O4. The first-order valence-electron chi connectivity index (χ1n) is 8.90. The smallest absolute Gasteiger partial charge is 0.335 e. The van der Waals surface area contributed by atoms with Gasteiger partial charge >= 0.3 is 5.97 Å². The summed E-state index contributed by atoms with van der Waals surface area (Å²) in [5, 5.41) is 8.93. The number of carbonyl (C=O) groups excluding carboxylic acids is 2. The van der Waals surface area contributed by atoms with Crippen molar-refractivity contribution in [2.24, 2.45) is 0 Å². The molecule has 1 fully saturated rings. The fraction of sp³-hybridized carbons (Fsp3) is 0.286. The molecule has 0 saturated carbocycles. The van der Waals surface area contributed by atoms with E-state index in [4.69, 9.17) is 5.11 Å². The molecule has 6 heteroatoms. The van der Waals surface area contributed by atoms with Gasteiger partial charge in [0.05, 0.1) is 12.0 Å². The van der Waals surface area contributed by atoms with Gasteiger partial charge in [-0.2, -0.15) is 0 Å². The Balaban J connectivity index is 1.54. The Morgan fingerprint density at radius 3 is 1.89 bits per heavy atom. The van der Waals surface area contributed by atoms with Crippen LogP contribution in [0.25, 0.3) is 0 Å². The predicted octanol–water partition coefficient (Wildman–Crippen LogP) is 2.22. The number of hydrogen-bond acceptors (Lipinski definition) is 3. The van der Waals surface area contributed by atoms with Crippen molar-refractivity contribution in [3.05, 3.63) is 70.8 Å². The second kappa shape index (κ2) is 8.03. The Morgan fingerprint density at radius 1 is 0.815 bits per heavy atom. The molecule has 1 aliphatic rings. The second-order valence-corrected chi connectivity index (χ2v) is 6.72. The summed E-state index contributed by atoms with van der Waals surface area (Å²) in [5.41, 5.74) is 2.76. The topological polar surface area (TPSA) is 77.9 Å². The van der Waals surface area contributed by atoms with E-state index >= 15 is 0 Å². The molecule has 0 spiro atoms. The lowest BCUT2D eigenvalue weighted by Gasteiger charge is -2.35. The Labute approximate surface area is 158 Å². The maximum absolute atomic E-state index is 12.6. The Morgan fingerprint density at radius 2 is 1.33 bits per heavy atom. The van der Waals surface area contributed by atoms with E-state index in [9.17, 15) is 14.4 Å². The lowest BCUT2D eigenvalue weighted by atomic mass is 10.1. The molecule has 1 aliphatic heterocycles. The number of amides is 2. The fourth-order valence-corrected chi connectivity index (χ4v) is 3.09. The number of carboxylic acid groups (broad SMARTS) is 1. The summed E-state index contributed by atoms with van der Waals surface area (Å²) in [6.45, 7) is 3.96. The monoisotopic (exact) mass is 366 g/mol. The average Bonchev–Trinajstić information content (AvgIpc) is 2.69. The number of carboxylic acids is 1. The van der Waals surface area contributed by atoms with Crippen molar-refractivity contribution < 1.29 is 19.5 Å². The zero-order chi connectivity index (χ0) is 19.4. The van der Waals surface area contributed by atoms with Crippen LogP contribution in [-0.2, 0) is 11.2 Å². The van der Waals surface area contributed by atoms with Gasteiger partial charge in [-0.25, -0.2) is 4.79 Å². The van der Waals surface area contributed by atoms with Crippen LogP contribution in [0.4, 0.5) is 0 Å². The van der Waals surface area contributed by atoms with Gasteiger partial charge in [-0.05, 0) is 36.8 Å². The van der Waals surface area contributed by atoms with Crippen LogP contribution in [-0.4, -0.2) is 58.9 Å². The number of aromatic carboxylic acids is 1. The Kier molecular flexibility index (Phi) is 5.54. The summed E-state index contributed by atoms with van der Waals surface area (Å²) in [7, 11) is 0. The minimum Gasteiger partial charge on any atom is -0.478 e. The van der Waals surface area contributed by atoms with Crippen LogP contribution in [0.3, 0.4) is 0 Å². The van der Waals surface area contributed by atoms with Crippen molar-refractivity contribution in [2.45, 2.75) is 13.3 Å². The largest absolute Gasteiger partial charge is 0.478 e. The van der Waals surface area contributed by atoms with Gasteiger partial charge in [0.15, 0.2) is 0 Å². The number of carbonyl (C=O) groups is 3. The molecule has 1 N–H and O–H groups in total. The summed E-state index contributed by atoms with van der Waals surface area (Å²) in [5.74, 6) is -1.09. The maximum Gasteiger partial charge on any atom is 0.335 e. The van der Waals surface area contributed by atoms with Crippen LogP contribution in [0.1, 0.15) is 31.8 Å². The van der Waals surface area contributed by atoms with Gasteiger partial charge in [-0.1, -0.05) is 29.8 Å². The van der Waals surface area contributed by atoms with Crippen LogP contribution in [0.15, 0.2) is 48.5 Å². The van der Waals surface area contributed by atoms with E-state index in [0.29, 0.717) is 38.2 Å². The third-order valence-electron chi connectivity index (χ3n) is 4.77. The van der Waals surface area contributed by atoms with E-state index in [1.807, 2.05) is 31.2 Å². The molecule has 0 radical (unpaired) electrons. The molecule has 0 aliphatic carbocycles. The maximum atomic E-state index is 12.6. The van der Waals surface area contributed by atoms with E-state index in [2.05, 4.69) is 0 Å². The standard InChI is InChI=1S/C21H22N2O4/c1-15-2-4-16(5-3-15)14-19(24)22-10-12-23(13-11-22)20(25)17-6-8-18(9-7-17)21(26)27/h2-9H,10-14H2,1H3,(H,26,27). The lowest BCUT2D eigenvalue weighted by Crippen LogP contribution is -2.51. The molecule has 0 atom stereocenters. The highest BCUT2D eigenvalue weighted by Crippen LogP contribution is 2.12. The van der Waals surface area contributed by atoms with E-state index in [1.54, 1.807) is 9.80 Å². The minimum absolute atomic E-state index is 0.0664. The average molecular weight is 366 g/mol. The molecule has 0 unspecified atom stereocenters. The summed E-state index contributed by atoms with van der Waals surface area (Å²) in [4.78, 5) is 39.4. The minimum atomic E-state index is -1.02. The first kappa shape index (κ1) is 18.6. The summed E-state index contributed by atoms with van der Waals surface area (Å²) >= 11 is 0. The highest BCUT2D eigenvalue weighted by Gasteiger charge is 2.25. The number of benzene rings is 2. The SMILES string of the molecule is Cc1ccc(CC(=O)N2CCN(C(=O)c3ccc(C(=O)O)cc3)CC2)cc1. The summed E-state index contributed by atoms with van der Waals surface area (Å²) in [6.07, 6.45) is 0.366. The molecule has 2 aromatic rings. The summed E-state index contributed by atoms with van der Waals surface area (Å²) in [6, 6.07) is 13.8. The third-order valence-corrected chi connectivity index (χ3v) is 4.77. The normalized spacial score (nSPS) is 14.1. The van der Waals surface area contributed by atoms with Crippen LogP contribution < -0.4 is 0 Å². The number of aryl methyl sites for hydroxylation is 1. The van der Waals surface area contributed by atoms with Gasteiger partial charge in [-0.3, -0.25) is 9.59 Å². The zero-order valence-electron chi connectivity index (χ0n) is 15.2. The number of piperazine rings is 1. The molecule has 1 heterocycles. The zero-order valence-corrected chi connectivity index (χ0v) is 15.2. The van der Waals surface area contributed by atoms with Crippen molar-refractivity contribution in [3.63, 3.8) is 0 Å².